The molecule has 2 amide bonds. The number of carbonyl (C=O) groups is 3. The summed E-state index contributed by atoms with van der Waals surface area (Å²) in [4.78, 5) is 44.0. The highest BCUT2D eigenvalue weighted by atomic mass is 19.4. The van der Waals surface area contributed by atoms with E-state index in [4.69, 9.17) is 4.74 Å². The number of pyridine rings is 1. The first-order valence-corrected chi connectivity index (χ1v) is 15.2. The molecule has 240 valence electrons. The second-order valence-electron chi connectivity index (χ2n) is 10.9. The summed E-state index contributed by atoms with van der Waals surface area (Å²) in [5.41, 5.74) is 1.67. The fourth-order valence-electron chi connectivity index (χ4n) is 5.03. The number of alkyl halides is 3. The highest BCUT2D eigenvalue weighted by Crippen LogP contribution is 2.32. The lowest BCUT2D eigenvalue weighted by Gasteiger charge is -2.18. The lowest BCUT2D eigenvalue weighted by molar-refractivity contribution is -0.137. The number of amides is 2. The Bertz CT molecular complexity index is 1880. The highest BCUT2D eigenvalue weighted by Gasteiger charge is 2.30. The van der Waals surface area contributed by atoms with Crippen molar-refractivity contribution in [1.29, 1.82) is 0 Å². The molecule has 0 saturated heterocycles. The third-order valence-corrected chi connectivity index (χ3v) is 7.51. The van der Waals surface area contributed by atoms with E-state index in [1.165, 1.54) is 18.2 Å². The van der Waals surface area contributed by atoms with Crippen molar-refractivity contribution in [2.75, 3.05) is 11.9 Å². The number of anilines is 1. The number of fused-ring (bicyclic) bond motifs is 1. The van der Waals surface area contributed by atoms with Crippen molar-refractivity contribution >= 4 is 34.5 Å². The Morgan fingerprint density at radius 1 is 0.830 bits per heavy atom. The molecule has 0 bridgehead atoms. The van der Waals surface area contributed by atoms with Crippen molar-refractivity contribution in [2.45, 2.75) is 38.5 Å². The maximum atomic E-state index is 13.3. The molecule has 4 aromatic carbocycles. The summed E-state index contributed by atoms with van der Waals surface area (Å²) < 4.78 is 44.8. The fraction of sp³-hybridized carbons (Fsp3) is 0.189. The molecule has 0 spiro atoms. The summed E-state index contributed by atoms with van der Waals surface area (Å²) in [6, 6.07) is 28.0. The molecule has 5 rings (SSSR count). The summed E-state index contributed by atoms with van der Waals surface area (Å²) in [6.07, 6.45) is -2.78. The molecule has 1 atom stereocenters. The number of nitrogens with one attached hydrogen (secondary N) is 2. The van der Waals surface area contributed by atoms with Gasteiger partial charge in [0.1, 0.15) is 5.82 Å². The second-order valence-corrected chi connectivity index (χ2v) is 10.9. The molecular weight excluding hydrogens is 607 g/mol. The summed E-state index contributed by atoms with van der Waals surface area (Å²) in [5.74, 6) is -1.33. The van der Waals surface area contributed by atoms with Gasteiger partial charge in [0.2, 0.25) is 6.10 Å². The Labute approximate surface area is 269 Å². The average molecular weight is 640 g/mol. The standard InChI is InChI=1S/C37H32F3N3O4/c1-2-3-9-22-41-35(45)33(25-10-5-4-6-11-25)47-36(46)27-16-20-31-26(23-27)17-21-32(42-31)43-34(44)30-13-8-7-12-29(30)24-14-18-28(19-15-24)37(38,39)40/h4-8,10-21,23,33H,2-3,9,22H2,1H3,(H,41,45)(H,42,43,44)/t33-/m0/s1. The predicted octanol–water partition coefficient (Wildman–Crippen LogP) is 8.38. The summed E-state index contributed by atoms with van der Waals surface area (Å²) in [6.45, 7) is 2.55. The molecule has 0 saturated carbocycles. The van der Waals surface area contributed by atoms with Gasteiger partial charge in [0, 0.05) is 23.1 Å². The molecule has 10 heteroatoms. The number of halogens is 3. The SMILES string of the molecule is CCCCCNC(=O)[C@@H](OC(=O)c1ccc2nc(NC(=O)c3ccccc3-c3ccc(C(F)(F)F)cc3)ccc2c1)c1ccccc1. The molecule has 1 heterocycles. The Morgan fingerprint density at radius 3 is 2.28 bits per heavy atom. The van der Waals surface area contributed by atoms with Crippen LogP contribution in [0.3, 0.4) is 0 Å². The maximum Gasteiger partial charge on any atom is 0.416 e. The second kappa shape index (κ2) is 14.7. The van der Waals surface area contributed by atoms with Crippen LogP contribution in [0.15, 0.2) is 109 Å². The third kappa shape index (κ3) is 8.21. The lowest BCUT2D eigenvalue weighted by Crippen LogP contribution is -2.32. The zero-order chi connectivity index (χ0) is 33.4. The summed E-state index contributed by atoms with van der Waals surface area (Å²) in [5, 5.41) is 6.20. The van der Waals surface area contributed by atoms with Crippen LogP contribution in [-0.2, 0) is 15.7 Å². The van der Waals surface area contributed by atoms with Crippen LogP contribution in [0.1, 0.15) is 64.1 Å². The van der Waals surface area contributed by atoms with Gasteiger partial charge in [0.15, 0.2) is 0 Å². The number of hydrogen-bond acceptors (Lipinski definition) is 5. The van der Waals surface area contributed by atoms with Crippen molar-refractivity contribution in [1.82, 2.24) is 10.3 Å². The monoisotopic (exact) mass is 639 g/mol. The lowest BCUT2D eigenvalue weighted by atomic mass is 9.98. The third-order valence-electron chi connectivity index (χ3n) is 7.51. The van der Waals surface area contributed by atoms with Crippen LogP contribution in [0.5, 0.6) is 0 Å². The van der Waals surface area contributed by atoms with E-state index in [0.717, 1.165) is 31.4 Å². The van der Waals surface area contributed by atoms with E-state index >= 15 is 0 Å². The Morgan fingerprint density at radius 2 is 1.55 bits per heavy atom. The molecule has 0 aliphatic heterocycles. The van der Waals surface area contributed by atoms with Crippen LogP contribution in [0.2, 0.25) is 0 Å². The molecule has 0 fully saturated rings. The molecule has 5 aromatic rings. The van der Waals surface area contributed by atoms with E-state index in [-0.39, 0.29) is 16.9 Å². The molecule has 0 unspecified atom stereocenters. The normalized spacial score (nSPS) is 11.9. The van der Waals surface area contributed by atoms with Crippen molar-refractivity contribution in [3.8, 4) is 11.1 Å². The molecule has 0 aliphatic rings. The highest BCUT2D eigenvalue weighted by molar-refractivity contribution is 6.08. The van der Waals surface area contributed by atoms with Crippen molar-refractivity contribution in [3.63, 3.8) is 0 Å². The van der Waals surface area contributed by atoms with Gasteiger partial charge in [-0.1, -0.05) is 80.4 Å². The fourth-order valence-corrected chi connectivity index (χ4v) is 5.03. The van der Waals surface area contributed by atoms with Gasteiger partial charge in [-0.25, -0.2) is 9.78 Å². The topological polar surface area (TPSA) is 97.4 Å². The minimum atomic E-state index is -4.47. The molecule has 47 heavy (non-hydrogen) atoms. The minimum absolute atomic E-state index is 0.223. The number of nitrogens with zero attached hydrogens (tertiary/aromatic N) is 1. The molecule has 0 aliphatic carbocycles. The van der Waals surface area contributed by atoms with Crippen molar-refractivity contribution < 1.29 is 32.3 Å². The van der Waals surface area contributed by atoms with Crippen LogP contribution < -0.4 is 10.6 Å². The maximum absolute atomic E-state index is 13.3. The van der Waals surface area contributed by atoms with E-state index in [9.17, 15) is 27.6 Å². The van der Waals surface area contributed by atoms with Gasteiger partial charge in [-0.05, 0) is 66.1 Å². The zero-order valence-corrected chi connectivity index (χ0v) is 25.5. The number of unbranched alkanes of at least 4 members (excludes halogenated alkanes) is 2. The van der Waals surface area contributed by atoms with Gasteiger partial charge >= 0.3 is 12.1 Å². The van der Waals surface area contributed by atoms with Crippen LogP contribution in [-0.4, -0.2) is 29.3 Å². The smallest absolute Gasteiger partial charge is 0.416 e. The van der Waals surface area contributed by atoms with E-state index in [1.807, 2.05) is 6.07 Å². The molecule has 1 aromatic heterocycles. The van der Waals surface area contributed by atoms with Crippen LogP contribution in [0.25, 0.3) is 22.0 Å². The van der Waals surface area contributed by atoms with Gasteiger partial charge in [-0.15, -0.1) is 0 Å². The molecular formula is C37H32F3N3O4. The van der Waals surface area contributed by atoms with Gasteiger partial charge in [-0.2, -0.15) is 13.2 Å². The van der Waals surface area contributed by atoms with Gasteiger partial charge in [0.25, 0.3) is 11.8 Å². The van der Waals surface area contributed by atoms with Gasteiger partial charge in [-0.3, -0.25) is 9.59 Å². The van der Waals surface area contributed by atoms with Crippen LogP contribution >= 0.6 is 0 Å². The molecule has 7 nitrogen and oxygen atoms in total. The van der Waals surface area contributed by atoms with E-state index in [2.05, 4.69) is 22.5 Å². The summed E-state index contributed by atoms with van der Waals surface area (Å²) in [7, 11) is 0. The van der Waals surface area contributed by atoms with Crippen molar-refractivity contribution in [2.24, 2.45) is 0 Å². The minimum Gasteiger partial charge on any atom is -0.444 e. The average Bonchev–Trinajstić information content (AvgIpc) is 3.08. The summed E-state index contributed by atoms with van der Waals surface area (Å²) >= 11 is 0. The first-order valence-electron chi connectivity index (χ1n) is 15.2. The quantitative estimate of drug-likeness (QED) is 0.112. The number of carbonyl (C=O) groups excluding carboxylic acids is 3. The Hall–Kier alpha value is -5.51. The number of aromatic nitrogens is 1. The predicted molar refractivity (Wildman–Crippen MR) is 174 cm³/mol. The molecule has 0 radical (unpaired) electrons. The number of ether oxygens (including phenoxy) is 1. The number of benzene rings is 4. The first kappa shape index (κ1) is 32.9. The number of rotatable bonds is 11. The van der Waals surface area contributed by atoms with E-state index < -0.39 is 35.6 Å². The van der Waals surface area contributed by atoms with Gasteiger partial charge < -0.3 is 15.4 Å². The molecule has 2 N–H and O–H groups in total. The van der Waals surface area contributed by atoms with E-state index in [0.29, 0.717) is 34.1 Å². The Kier molecular flexibility index (Phi) is 10.3. The Balaban J connectivity index is 1.31. The largest absolute Gasteiger partial charge is 0.444 e. The van der Waals surface area contributed by atoms with Crippen LogP contribution in [0, 0.1) is 0 Å². The van der Waals surface area contributed by atoms with Crippen LogP contribution in [0.4, 0.5) is 19.0 Å². The number of hydrogen-bond donors (Lipinski definition) is 2. The zero-order valence-electron chi connectivity index (χ0n) is 25.5. The van der Waals surface area contributed by atoms with E-state index in [1.54, 1.807) is 72.8 Å². The first-order chi connectivity index (χ1) is 22.6. The van der Waals surface area contributed by atoms with Crippen molar-refractivity contribution in [3.05, 3.63) is 131 Å². The van der Waals surface area contributed by atoms with Gasteiger partial charge in [0.05, 0.1) is 16.6 Å². The number of esters is 1.